The van der Waals surface area contributed by atoms with Gasteiger partial charge >= 0.3 is 5.97 Å². The molecule has 0 saturated heterocycles. The van der Waals surface area contributed by atoms with Crippen LogP contribution in [0.3, 0.4) is 0 Å². The van der Waals surface area contributed by atoms with Crippen molar-refractivity contribution >= 4 is 16.9 Å². The van der Waals surface area contributed by atoms with E-state index in [0.29, 0.717) is 24.5 Å². The van der Waals surface area contributed by atoms with E-state index in [1.54, 1.807) is 7.11 Å². The fraction of sp³-hybridized carbons (Fsp3) is 0.550. The molecule has 0 radical (unpaired) electrons. The van der Waals surface area contributed by atoms with Crippen molar-refractivity contribution in [2.75, 3.05) is 20.2 Å². The number of rotatable bonds is 9. The van der Waals surface area contributed by atoms with Gasteiger partial charge < -0.3 is 19.6 Å². The van der Waals surface area contributed by atoms with Crippen molar-refractivity contribution in [3.63, 3.8) is 0 Å². The largest absolute Gasteiger partial charge is 0.497 e. The molecule has 2 fully saturated rings. The Kier molecular flexibility index (Phi) is 4.87. The van der Waals surface area contributed by atoms with Gasteiger partial charge in [-0.05, 0) is 55.9 Å². The summed E-state index contributed by atoms with van der Waals surface area (Å²) in [5, 5.41) is 13.7. The molecule has 0 spiro atoms. The summed E-state index contributed by atoms with van der Waals surface area (Å²) in [6.07, 6.45) is 4.52. The second kappa shape index (κ2) is 7.29. The lowest BCUT2D eigenvalue weighted by atomic mass is 9.85. The van der Waals surface area contributed by atoms with Gasteiger partial charge in [0.25, 0.3) is 0 Å². The van der Waals surface area contributed by atoms with Gasteiger partial charge in [0.05, 0.1) is 20.2 Å². The van der Waals surface area contributed by atoms with Gasteiger partial charge in [0, 0.05) is 24.0 Å². The standard InChI is InChI=1S/C20H26N2O4/c1-25-17-4-5-19-14(6-17)7-18(26-19)10-21-15-8-16(9-15)22(12-20(23)24)11-13-2-3-13/h4-7,13,15-16,21H,2-3,8-12H2,1H3,(H,23,24). The molecule has 2 saturated carbocycles. The summed E-state index contributed by atoms with van der Waals surface area (Å²) in [6.45, 7) is 1.80. The Morgan fingerprint density at radius 2 is 2.15 bits per heavy atom. The molecule has 6 heteroatoms. The number of benzene rings is 1. The first-order valence-corrected chi connectivity index (χ1v) is 9.36. The minimum Gasteiger partial charge on any atom is -0.497 e. The minimum absolute atomic E-state index is 0.166. The SMILES string of the molecule is COc1ccc2oc(CNC3CC(N(CC(=O)O)CC4CC4)C3)cc2c1. The molecular weight excluding hydrogens is 332 g/mol. The maximum Gasteiger partial charge on any atom is 0.317 e. The predicted molar refractivity (Wildman–Crippen MR) is 98.3 cm³/mol. The number of furan rings is 1. The predicted octanol–water partition coefficient (Wildman–Crippen LogP) is 2.86. The monoisotopic (exact) mass is 358 g/mol. The minimum atomic E-state index is -0.722. The number of ether oxygens (including phenoxy) is 1. The Labute approximate surface area is 153 Å². The van der Waals surface area contributed by atoms with Gasteiger partial charge in [-0.15, -0.1) is 0 Å². The molecule has 0 aliphatic heterocycles. The third-order valence-corrected chi connectivity index (χ3v) is 5.50. The van der Waals surface area contributed by atoms with Crippen LogP contribution in [0.25, 0.3) is 11.0 Å². The molecule has 2 N–H and O–H groups in total. The van der Waals surface area contributed by atoms with Crippen LogP contribution in [0.4, 0.5) is 0 Å². The van der Waals surface area contributed by atoms with Crippen molar-refractivity contribution in [2.24, 2.45) is 5.92 Å². The third-order valence-electron chi connectivity index (χ3n) is 5.50. The summed E-state index contributed by atoms with van der Waals surface area (Å²) in [5.74, 6) is 1.74. The number of methoxy groups -OCH3 is 1. The molecule has 4 rings (SSSR count). The summed E-state index contributed by atoms with van der Waals surface area (Å²) in [6, 6.07) is 8.67. The maximum atomic E-state index is 11.1. The molecule has 0 unspecified atom stereocenters. The van der Waals surface area contributed by atoms with E-state index in [0.717, 1.165) is 41.9 Å². The zero-order chi connectivity index (χ0) is 18.1. The highest BCUT2D eigenvalue weighted by atomic mass is 16.5. The zero-order valence-electron chi connectivity index (χ0n) is 15.1. The quantitative estimate of drug-likeness (QED) is 0.718. The number of aliphatic carboxylic acids is 1. The molecular formula is C20H26N2O4. The second-order valence-electron chi connectivity index (χ2n) is 7.59. The Morgan fingerprint density at radius 1 is 1.35 bits per heavy atom. The third kappa shape index (κ3) is 4.02. The van der Waals surface area contributed by atoms with Crippen molar-refractivity contribution in [3.05, 3.63) is 30.0 Å². The normalized spacial score (nSPS) is 22.5. The van der Waals surface area contributed by atoms with Gasteiger partial charge in [-0.1, -0.05) is 0 Å². The van der Waals surface area contributed by atoms with Gasteiger partial charge in [0.15, 0.2) is 0 Å². The number of hydrogen-bond donors (Lipinski definition) is 2. The Bertz CT molecular complexity index is 777. The number of fused-ring (bicyclic) bond motifs is 1. The summed E-state index contributed by atoms with van der Waals surface area (Å²) >= 11 is 0. The van der Waals surface area contributed by atoms with E-state index >= 15 is 0 Å². The highest BCUT2D eigenvalue weighted by molar-refractivity contribution is 5.79. The van der Waals surface area contributed by atoms with Crippen LogP contribution in [0.15, 0.2) is 28.7 Å². The molecule has 140 valence electrons. The molecule has 1 heterocycles. The number of hydrogen-bond acceptors (Lipinski definition) is 5. The van der Waals surface area contributed by atoms with Gasteiger partial charge in [0.2, 0.25) is 0 Å². The topological polar surface area (TPSA) is 74.9 Å². The number of nitrogens with zero attached hydrogens (tertiary/aromatic N) is 1. The van der Waals surface area contributed by atoms with E-state index in [1.165, 1.54) is 12.8 Å². The van der Waals surface area contributed by atoms with Gasteiger partial charge in [-0.2, -0.15) is 0 Å². The van der Waals surface area contributed by atoms with Crippen LogP contribution in [0, 0.1) is 5.92 Å². The highest BCUT2D eigenvalue weighted by Gasteiger charge is 2.36. The summed E-state index contributed by atoms with van der Waals surface area (Å²) in [4.78, 5) is 13.3. The first-order chi connectivity index (χ1) is 12.6. The van der Waals surface area contributed by atoms with Gasteiger partial charge in [-0.25, -0.2) is 0 Å². The van der Waals surface area contributed by atoms with Crippen LogP contribution < -0.4 is 10.1 Å². The van der Waals surface area contributed by atoms with E-state index in [2.05, 4.69) is 10.2 Å². The fourth-order valence-corrected chi connectivity index (χ4v) is 3.74. The Balaban J connectivity index is 1.27. The lowest BCUT2D eigenvalue weighted by molar-refractivity contribution is -0.139. The van der Waals surface area contributed by atoms with Gasteiger partial charge in [0.1, 0.15) is 17.1 Å². The second-order valence-corrected chi connectivity index (χ2v) is 7.59. The first-order valence-electron chi connectivity index (χ1n) is 9.36. The first kappa shape index (κ1) is 17.4. The van der Waals surface area contributed by atoms with E-state index in [1.807, 2.05) is 24.3 Å². The molecule has 0 amide bonds. The highest BCUT2D eigenvalue weighted by Crippen LogP contribution is 2.34. The molecule has 2 aliphatic carbocycles. The zero-order valence-corrected chi connectivity index (χ0v) is 15.1. The average Bonchev–Trinajstić information content (AvgIpc) is 3.29. The van der Waals surface area contributed by atoms with E-state index in [-0.39, 0.29) is 6.54 Å². The lowest BCUT2D eigenvalue weighted by Crippen LogP contribution is -2.54. The van der Waals surface area contributed by atoms with Crippen molar-refractivity contribution in [1.29, 1.82) is 0 Å². The van der Waals surface area contributed by atoms with E-state index in [4.69, 9.17) is 14.3 Å². The Morgan fingerprint density at radius 3 is 2.85 bits per heavy atom. The van der Waals surface area contributed by atoms with Crippen molar-refractivity contribution < 1.29 is 19.1 Å². The maximum absolute atomic E-state index is 11.1. The molecule has 2 aromatic rings. The molecule has 0 atom stereocenters. The van der Waals surface area contributed by atoms with Crippen LogP contribution in [-0.2, 0) is 11.3 Å². The summed E-state index contributed by atoms with van der Waals surface area (Å²) in [5.41, 5.74) is 0.867. The summed E-state index contributed by atoms with van der Waals surface area (Å²) in [7, 11) is 1.66. The van der Waals surface area contributed by atoms with Crippen LogP contribution in [0.2, 0.25) is 0 Å². The molecule has 2 aliphatic rings. The molecule has 26 heavy (non-hydrogen) atoms. The van der Waals surface area contributed by atoms with Crippen LogP contribution in [0.1, 0.15) is 31.4 Å². The summed E-state index contributed by atoms with van der Waals surface area (Å²) < 4.78 is 11.1. The number of nitrogens with one attached hydrogen (secondary N) is 1. The van der Waals surface area contributed by atoms with Crippen LogP contribution in [-0.4, -0.2) is 48.3 Å². The number of carboxylic acid groups (broad SMARTS) is 1. The van der Waals surface area contributed by atoms with Crippen LogP contribution >= 0.6 is 0 Å². The smallest absolute Gasteiger partial charge is 0.317 e. The fourth-order valence-electron chi connectivity index (χ4n) is 3.74. The van der Waals surface area contributed by atoms with Gasteiger partial charge in [-0.3, -0.25) is 9.69 Å². The van der Waals surface area contributed by atoms with E-state index in [9.17, 15) is 4.79 Å². The Hall–Kier alpha value is -2.05. The van der Waals surface area contributed by atoms with Crippen molar-refractivity contribution in [3.8, 4) is 5.75 Å². The van der Waals surface area contributed by atoms with Crippen LogP contribution in [0.5, 0.6) is 5.75 Å². The molecule has 0 bridgehead atoms. The molecule has 1 aromatic heterocycles. The lowest BCUT2D eigenvalue weighted by Gasteiger charge is -2.42. The number of carbonyl (C=O) groups is 1. The van der Waals surface area contributed by atoms with Crippen molar-refractivity contribution in [2.45, 2.75) is 44.3 Å². The number of carboxylic acids is 1. The average molecular weight is 358 g/mol. The molecule has 6 nitrogen and oxygen atoms in total. The van der Waals surface area contributed by atoms with Crippen molar-refractivity contribution in [1.82, 2.24) is 10.2 Å². The van der Waals surface area contributed by atoms with E-state index < -0.39 is 5.97 Å². The molecule has 1 aromatic carbocycles.